The van der Waals surface area contributed by atoms with Gasteiger partial charge in [0.2, 0.25) is 0 Å². The summed E-state index contributed by atoms with van der Waals surface area (Å²) in [5, 5.41) is 5.56. The van der Waals surface area contributed by atoms with E-state index < -0.39 is 54.5 Å². The average molecular weight is 644 g/mol. The Balaban J connectivity index is 1.42. The molecule has 2 aromatic carbocycles. The van der Waals surface area contributed by atoms with Crippen molar-refractivity contribution >= 4 is 23.6 Å². The molecule has 12 heteroatoms. The van der Waals surface area contributed by atoms with E-state index in [0.29, 0.717) is 24.2 Å². The second kappa shape index (κ2) is 15.6. The number of hydrogen-bond acceptors (Lipinski definition) is 5. The van der Waals surface area contributed by atoms with Gasteiger partial charge in [-0.15, -0.1) is 0 Å². The first kappa shape index (κ1) is 34.9. The first-order chi connectivity index (χ1) is 21.9. The van der Waals surface area contributed by atoms with Gasteiger partial charge in [0.1, 0.15) is 18.1 Å². The van der Waals surface area contributed by atoms with E-state index in [1.165, 1.54) is 16.7 Å². The van der Waals surface area contributed by atoms with Crippen molar-refractivity contribution in [2.75, 3.05) is 39.3 Å². The van der Waals surface area contributed by atoms with Crippen molar-refractivity contribution in [1.82, 2.24) is 25.3 Å². The van der Waals surface area contributed by atoms with Crippen LogP contribution in [-0.2, 0) is 9.59 Å². The summed E-state index contributed by atoms with van der Waals surface area (Å²) in [6.45, 7) is 6.04. The van der Waals surface area contributed by atoms with E-state index in [-0.39, 0.29) is 37.9 Å². The van der Waals surface area contributed by atoms with Gasteiger partial charge in [-0.05, 0) is 30.4 Å². The Morgan fingerprint density at radius 1 is 0.674 bits per heavy atom. The number of likely N-dealkylation sites (tertiary alicyclic amines) is 1. The Labute approximate surface area is 268 Å². The smallest absolute Gasteiger partial charge is 0.325 e. The molecule has 0 saturated carbocycles. The number of urea groups is 2. The fraction of sp³-hybridized carbons (Fsp3) is 0.529. The number of Topliss-reactive ketones (excluding diaryl/α,β-unsaturated/α-hetero) is 2. The molecule has 9 nitrogen and oxygen atoms in total. The van der Waals surface area contributed by atoms with Crippen LogP contribution in [0.1, 0.15) is 63.2 Å². The molecule has 4 rings (SSSR count). The van der Waals surface area contributed by atoms with E-state index in [9.17, 15) is 32.3 Å². The lowest BCUT2D eigenvalue weighted by molar-refractivity contribution is -0.191. The lowest BCUT2D eigenvalue weighted by Gasteiger charge is -2.41. The fourth-order valence-electron chi connectivity index (χ4n) is 6.07. The minimum atomic E-state index is -4.62. The third kappa shape index (κ3) is 8.86. The normalized spacial score (nSPS) is 18.5. The van der Waals surface area contributed by atoms with Crippen LogP contribution in [0, 0.1) is 11.8 Å². The molecule has 4 atom stereocenters. The van der Waals surface area contributed by atoms with Crippen LogP contribution in [0.3, 0.4) is 0 Å². The lowest BCUT2D eigenvalue weighted by Crippen LogP contribution is -2.58. The van der Waals surface area contributed by atoms with Gasteiger partial charge in [0.05, 0.1) is 0 Å². The molecule has 46 heavy (non-hydrogen) atoms. The maximum absolute atomic E-state index is 14.5. The lowest BCUT2D eigenvalue weighted by atomic mass is 9.89. The van der Waals surface area contributed by atoms with Crippen molar-refractivity contribution in [3.63, 3.8) is 0 Å². The minimum Gasteiger partial charge on any atom is -0.325 e. The maximum Gasteiger partial charge on any atom is 0.404 e. The number of nitrogens with zero attached hydrogens (tertiary/aromatic N) is 3. The number of carbonyl (C=O) groups is 4. The Morgan fingerprint density at radius 2 is 1.11 bits per heavy atom. The van der Waals surface area contributed by atoms with Gasteiger partial charge in [0.25, 0.3) is 0 Å². The third-order valence-corrected chi connectivity index (χ3v) is 8.82. The number of benzene rings is 2. The van der Waals surface area contributed by atoms with Gasteiger partial charge in [-0.3, -0.25) is 14.5 Å². The average Bonchev–Trinajstić information content (AvgIpc) is 3.60. The van der Waals surface area contributed by atoms with Crippen LogP contribution in [-0.4, -0.2) is 89.8 Å². The van der Waals surface area contributed by atoms with Crippen LogP contribution >= 0.6 is 0 Å². The highest BCUT2D eigenvalue weighted by Crippen LogP contribution is 2.32. The quantitative estimate of drug-likeness (QED) is 0.344. The number of halogens is 3. The Kier molecular flexibility index (Phi) is 11.8. The molecule has 0 bridgehead atoms. The molecule has 2 N–H and O–H groups in total. The molecule has 0 spiro atoms. The molecule has 2 aliphatic rings. The summed E-state index contributed by atoms with van der Waals surface area (Å²) >= 11 is 0. The monoisotopic (exact) mass is 643 g/mol. The topological polar surface area (TPSA) is 102 Å². The zero-order valence-corrected chi connectivity index (χ0v) is 26.6. The summed E-state index contributed by atoms with van der Waals surface area (Å²) in [5.74, 6) is -2.02. The number of rotatable bonds is 11. The molecule has 0 aliphatic carbocycles. The molecule has 250 valence electrons. The van der Waals surface area contributed by atoms with Crippen molar-refractivity contribution in [2.24, 2.45) is 11.8 Å². The summed E-state index contributed by atoms with van der Waals surface area (Å²) in [5.41, 5.74) is 1.15. The van der Waals surface area contributed by atoms with E-state index in [1.54, 1.807) is 79.4 Å². The molecular formula is C34H44F3N5O4. The number of ketones is 2. The van der Waals surface area contributed by atoms with Gasteiger partial charge < -0.3 is 20.4 Å². The second-order valence-corrected chi connectivity index (χ2v) is 12.5. The summed E-state index contributed by atoms with van der Waals surface area (Å²) in [6.07, 6.45) is -3.39. The van der Waals surface area contributed by atoms with Gasteiger partial charge in [-0.25, -0.2) is 9.59 Å². The SMILES string of the molecule is CC(C)C(=O)[C@H](NC(=O)N1CCN(C(CC(C)C(=O)[C@H](NC(=O)N2CCCC2)c2ccccc2)C(F)(F)F)CC1)c1ccccc1. The molecule has 2 fully saturated rings. The third-order valence-electron chi connectivity index (χ3n) is 8.82. The van der Waals surface area contributed by atoms with Crippen molar-refractivity contribution in [3.8, 4) is 0 Å². The fourth-order valence-corrected chi connectivity index (χ4v) is 6.07. The molecule has 2 heterocycles. The maximum atomic E-state index is 14.5. The molecule has 2 aliphatic heterocycles. The molecule has 2 saturated heterocycles. The molecule has 2 aromatic rings. The van der Waals surface area contributed by atoms with Gasteiger partial charge in [0, 0.05) is 51.1 Å². The van der Waals surface area contributed by atoms with Gasteiger partial charge in [-0.2, -0.15) is 13.2 Å². The predicted molar refractivity (Wildman–Crippen MR) is 168 cm³/mol. The van der Waals surface area contributed by atoms with Crippen molar-refractivity contribution < 1.29 is 32.3 Å². The van der Waals surface area contributed by atoms with Crippen molar-refractivity contribution in [3.05, 3.63) is 71.8 Å². The molecule has 0 radical (unpaired) electrons. The number of piperazine rings is 1. The van der Waals surface area contributed by atoms with Crippen LogP contribution in [0.4, 0.5) is 22.8 Å². The minimum absolute atomic E-state index is 0.0245. The summed E-state index contributed by atoms with van der Waals surface area (Å²) in [4.78, 5) is 57.0. The first-order valence-electron chi connectivity index (χ1n) is 16.0. The highest BCUT2D eigenvalue weighted by atomic mass is 19.4. The van der Waals surface area contributed by atoms with Gasteiger partial charge in [-0.1, -0.05) is 81.4 Å². The van der Waals surface area contributed by atoms with Crippen LogP contribution in [0.5, 0.6) is 0 Å². The summed E-state index contributed by atoms with van der Waals surface area (Å²) < 4.78 is 43.5. The van der Waals surface area contributed by atoms with Crippen LogP contribution < -0.4 is 10.6 Å². The zero-order chi connectivity index (χ0) is 33.4. The highest BCUT2D eigenvalue weighted by Gasteiger charge is 2.46. The van der Waals surface area contributed by atoms with Crippen molar-refractivity contribution in [1.29, 1.82) is 0 Å². The van der Waals surface area contributed by atoms with Gasteiger partial charge >= 0.3 is 18.2 Å². The molecule has 2 unspecified atom stereocenters. The van der Waals surface area contributed by atoms with Crippen LogP contribution in [0.25, 0.3) is 0 Å². The van der Waals surface area contributed by atoms with Crippen LogP contribution in [0.15, 0.2) is 60.7 Å². The number of alkyl halides is 3. The van der Waals surface area contributed by atoms with Crippen molar-refractivity contribution in [2.45, 2.75) is 64.3 Å². The standard InChI is InChI=1S/C34H44F3N5O4/c1-23(2)30(43)28(25-12-6-4-7-13-25)38-33(46)42-20-18-40(19-21-42)27(34(35,36)37)22-24(3)31(44)29(26-14-8-5-9-15-26)39-32(45)41-16-10-11-17-41/h4-9,12-15,23-24,27-29H,10-11,16-22H2,1-3H3,(H,38,46)(H,39,45)/t24?,27?,28-,29-/m1/s1. The number of amides is 4. The Hall–Kier alpha value is -3.93. The molecule has 0 aromatic heterocycles. The molecular weight excluding hydrogens is 599 g/mol. The summed E-state index contributed by atoms with van der Waals surface area (Å²) in [7, 11) is 0. The van der Waals surface area contributed by atoms with Crippen LogP contribution in [0.2, 0.25) is 0 Å². The summed E-state index contributed by atoms with van der Waals surface area (Å²) in [6, 6.07) is 12.6. The van der Waals surface area contributed by atoms with E-state index >= 15 is 0 Å². The van der Waals surface area contributed by atoms with E-state index in [1.807, 2.05) is 0 Å². The predicted octanol–water partition coefficient (Wildman–Crippen LogP) is 5.35. The molecule has 4 amide bonds. The zero-order valence-electron chi connectivity index (χ0n) is 26.6. The number of nitrogens with one attached hydrogen (secondary N) is 2. The number of hydrogen-bond donors (Lipinski definition) is 2. The second-order valence-electron chi connectivity index (χ2n) is 12.5. The number of carbonyl (C=O) groups excluding carboxylic acids is 4. The van der Waals surface area contributed by atoms with Gasteiger partial charge in [0.15, 0.2) is 11.6 Å². The van der Waals surface area contributed by atoms with E-state index in [0.717, 1.165) is 12.8 Å². The van der Waals surface area contributed by atoms with E-state index in [4.69, 9.17) is 0 Å². The first-order valence-corrected chi connectivity index (χ1v) is 16.0. The Morgan fingerprint density at radius 3 is 1.54 bits per heavy atom. The largest absolute Gasteiger partial charge is 0.404 e. The Bertz CT molecular complexity index is 1330. The van der Waals surface area contributed by atoms with E-state index in [2.05, 4.69) is 10.6 Å². The highest BCUT2D eigenvalue weighted by molar-refractivity contribution is 5.91.